The van der Waals surface area contributed by atoms with Crippen LogP contribution >= 0.6 is 0 Å². The Morgan fingerprint density at radius 2 is 1.83 bits per heavy atom. The second-order valence-corrected chi connectivity index (χ2v) is 4.33. The van der Waals surface area contributed by atoms with Crippen LogP contribution in [0.1, 0.15) is 27.2 Å². The van der Waals surface area contributed by atoms with Crippen LogP contribution in [0.4, 0.5) is 0 Å². The highest BCUT2D eigenvalue weighted by Gasteiger charge is 2.24. The normalized spacial score (nSPS) is 13.3. The molecule has 0 aliphatic carbocycles. The third-order valence-corrected chi connectivity index (χ3v) is 3.30. The van der Waals surface area contributed by atoms with E-state index in [1.54, 1.807) is 18.5 Å². The van der Waals surface area contributed by atoms with E-state index in [4.69, 9.17) is 4.74 Å². The Hall–Kier alpha value is -2.23. The predicted molar refractivity (Wildman–Crippen MR) is 66.1 cm³/mol. The van der Waals surface area contributed by atoms with Gasteiger partial charge in [-0.25, -0.2) is 4.79 Å². The van der Waals surface area contributed by atoms with E-state index in [1.807, 2.05) is 19.9 Å². The van der Waals surface area contributed by atoms with Crippen LogP contribution < -0.4 is 0 Å². The number of ether oxygens (including phenoxy) is 1. The quantitative estimate of drug-likeness (QED) is 0.718. The summed E-state index contributed by atoms with van der Waals surface area (Å²) < 4.78 is 5.05. The molecule has 1 aromatic heterocycles. The van der Waals surface area contributed by atoms with Gasteiger partial charge in [-0.3, -0.25) is 9.97 Å². The van der Waals surface area contributed by atoms with Crippen LogP contribution in [0.3, 0.4) is 0 Å². The Kier molecular flexibility index (Phi) is 2.37. The second kappa shape index (κ2) is 3.91. The minimum atomic E-state index is -0.240. The van der Waals surface area contributed by atoms with Gasteiger partial charge in [-0.15, -0.1) is 0 Å². The molecule has 0 atom stereocenters. The van der Waals surface area contributed by atoms with Crippen molar-refractivity contribution in [1.82, 2.24) is 9.97 Å². The molecule has 0 saturated carbocycles. The van der Waals surface area contributed by atoms with Crippen molar-refractivity contribution in [2.24, 2.45) is 0 Å². The van der Waals surface area contributed by atoms with Gasteiger partial charge >= 0.3 is 5.97 Å². The lowest BCUT2D eigenvalue weighted by Gasteiger charge is -2.09. The first-order valence-electron chi connectivity index (χ1n) is 5.76. The van der Waals surface area contributed by atoms with Crippen LogP contribution in [-0.4, -0.2) is 15.9 Å². The number of hydrogen-bond acceptors (Lipinski definition) is 4. The van der Waals surface area contributed by atoms with Crippen LogP contribution in [0.5, 0.6) is 0 Å². The molecule has 1 aliphatic heterocycles. The maximum absolute atomic E-state index is 11.5. The highest BCUT2D eigenvalue weighted by atomic mass is 16.5. The SMILES string of the molecule is Cc1nccnc1-c1ccc2c(c1C)COC2=O. The number of nitrogens with zero attached hydrogens (tertiary/aromatic N) is 2. The van der Waals surface area contributed by atoms with E-state index in [1.165, 1.54) is 0 Å². The standard InChI is InChI=1S/C14H12N2O2/c1-8-10(13-9(2)15-5-6-16-13)3-4-11-12(8)7-18-14(11)17/h3-6H,7H2,1-2H3. The van der Waals surface area contributed by atoms with E-state index in [-0.39, 0.29) is 5.97 Å². The largest absolute Gasteiger partial charge is 0.457 e. The van der Waals surface area contributed by atoms with E-state index in [9.17, 15) is 4.79 Å². The molecule has 0 spiro atoms. The summed E-state index contributed by atoms with van der Waals surface area (Å²) in [6.45, 7) is 4.27. The average molecular weight is 240 g/mol. The Bertz CT molecular complexity index is 650. The maximum atomic E-state index is 11.5. The summed E-state index contributed by atoms with van der Waals surface area (Å²) in [6, 6.07) is 3.72. The van der Waals surface area contributed by atoms with Crippen LogP contribution in [0.2, 0.25) is 0 Å². The van der Waals surface area contributed by atoms with E-state index >= 15 is 0 Å². The summed E-state index contributed by atoms with van der Waals surface area (Å²) in [4.78, 5) is 20.1. The fourth-order valence-corrected chi connectivity index (χ4v) is 2.28. The van der Waals surface area contributed by atoms with Gasteiger partial charge in [-0.05, 0) is 25.5 Å². The van der Waals surface area contributed by atoms with Gasteiger partial charge in [0.15, 0.2) is 0 Å². The first-order valence-corrected chi connectivity index (χ1v) is 5.76. The fraction of sp³-hybridized carbons (Fsp3) is 0.214. The first-order chi connectivity index (χ1) is 8.68. The van der Waals surface area contributed by atoms with Crippen molar-refractivity contribution in [1.29, 1.82) is 0 Å². The number of fused-ring (bicyclic) bond motifs is 1. The number of aryl methyl sites for hydroxylation is 1. The predicted octanol–water partition coefficient (Wildman–Crippen LogP) is 2.43. The molecule has 2 heterocycles. The van der Waals surface area contributed by atoms with Crippen molar-refractivity contribution in [3.8, 4) is 11.3 Å². The van der Waals surface area contributed by atoms with Crippen LogP contribution in [0.15, 0.2) is 24.5 Å². The topological polar surface area (TPSA) is 52.1 Å². The number of esters is 1. The number of aromatic nitrogens is 2. The van der Waals surface area contributed by atoms with Gasteiger partial charge < -0.3 is 4.74 Å². The van der Waals surface area contributed by atoms with E-state index in [0.717, 1.165) is 28.1 Å². The molecule has 0 saturated heterocycles. The Labute approximate surface area is 105 Å². The molecular weight excluding hydrogens is 228 g/mol. The van der Waals surface area contributed by atoms with E-state index in [0.29, 0.717) is 12.2 Å². The molecule has 2 aromatic rings. The first kappa shape index (κ1) is 10.9. The molecule has 0 fully saturated rings. The highest BCUT2D eigenvalue weighted by molar-refractivity contribution is 5.95. The van der Waals surface area contributed by atoms with Gasteiger partial charge in [-0.2, -0.15) is 0 Å². The molecule has 0 radical (unpaired) electrons. The van der Waals surface area contributed by atoms with Gasteiger partial charge in [-0.1, -0.05) is 6.07 Å². The molecule has 18 heavy (non-hydrogen) atoms. The third kappa shape index (κ3) is 1.49. The van der Waals surface area contributed by atoms with Gasteiger partial charge in [0.2, 0.25) is 0 Å². The second-order valence-electron chi connectivity index (χ2n) is 4.33. The van der Waals surface area contributed by atoms with Crippen LogP contribution in [0, 0.1) is 13.8 Å². The zero-order valence-electron chi connectivity index (χ0n) is 10.2. The molecule has 90 valence electrons. The van der Waals surface area contributed by atoms with Crippen molar-refractivity contribution < 1.29 is 9.53 Å². The molecular formula is C14H12N2O2. The van der Waals surface area contributed by atoms with E-state index in [2.05, 4.69) is 9.97 Å². The summed E-state index contributed by atoms with van der Waals surface area (Å²) in [5, 5.41) is 0. The number of hydrogen-bond donors (Lipinski definition) is 0. The zero-order chi connectivity index (χ0) is 12.7. The summed E-state index contributed by atoms with van der Waals surface area (Å²) in [6.07, 6.45) is 3.35. The number of carbonyl (C=O) groups excluding carboxylic acids is 1. The molecule has 0 unspecified atom stereocenters. The van der Waals surface area contributed by atoms with Crippen molar-refractivity contribution >= 4 is 5.97 Å². The summed E-state index contributed by atoms with van der Waals surface area (Å²) in [5.41, 5.74) is 5.42. The summed E-state index contributed by atoms with van der Waals surface area (Å²) >= 11 is 0. The molecule has 1 aliphatic rings. The highest BCUT2D eigenvalue weighted by Crippen LogP contribution is 2.31. The molecule has 4 heteroatoms. The smallest absolute Gasteiger partial charge is 0.338 e. The fourth-order valence-electron chi connectivity index (χ4n) is 2.28. The molecule has 0 N–H and O–H groups in total. The number of cyclic esters (lactones) is 1. The molecule has 0 bridgehead atoms. The lowest BCUT2D eigenvalue weighted by atomic mass is 9.96. The summed E-state index contributed by atoms with van der Waals surface area (Å²) in [7, 11) is 0. The number of benzene rings is 1. The number of carbonyl (C=O) groups is 1. The molecule has 1 aromatic carbocycles. The van der Waals surface area contributed by atoms with Crippen molar-refractivity contribution in [3.63, 3.8) is 0 Å². The van der Waals surface area contributed by atoms with Crippen molar-refractivity contribution in [2.75, 3.05) is 0 Å². The maximum Gasteiger partial charge on any atom is 0.338 e. The average Bonchev–Trinajstić information content (AvgIpc) is 2.74. The Morgan fingerprint density at radius 3 is 2.61 bits per heavy atom. The summed E-state index contributed by atoms with van der Waals surface area (Å²) in [5.74, 6) is -0.240. The third-order valence-electron chi connectivity index (χ3n) is 3.30. The molecule has 0 amide bonds. The van der Waals surface area contributed by atoms with Gasteiger partial charge in [0, 0.05) is 23.5 Å². The number of rotatable bonds is 1. The van der Waals surface area contributed by atoms with Gasteiger partial charge in [0.25, 0.3) is 0 Å². The van der Waals surface area contributed by atoms with Gasteiger partial charge in [0.05, 0.1) is 17.0 Å². The Balaban J connectivity index is 2.22. The van der Waals surface area contributed by atoms with E-state index < -0.39 is 0 Å². The van der Waals surface area contributed by atoms with Crippen molar-refractivity contribution in [2.45, 2.75) is 20.5 Å². The monoisotopic (exact) mass is 240 g/mol. The van der Waals surface area contributed by atoms with Crippen LogP contribution in [0.25, 0.3) is 11.3 Å². The van der Waals surface area contributed by atoms with Crippen LogP contribution in [-0.2, 0) is 11.3 Å². The minimum Gasteiger partial charge on any atom is -0.457 e. The lowest BCUT2D eigenvalue weighted by Crippen LogP contribution is -1.98. The molecule has 3 rings (SSSR count). The van der Waals surface area contributed by atoms with Gasteiger partial charge in [0.1, 0.15) is 6.61 Å². The lowest BCUT2D eigenvalue weighted by molar-refractivity contribution is 0.0535. The minimum absolute atomic E-state index is 0.240. The molecule has 4 nitrogen and oxygen atoms in total. The Morgan fingerprint density at radius 1 is 1.11 bits per heavy atom. The van der Waals surface area contributed by atoms with Crippen molar-refractivity contribution in [3.05, 3.63) is 46.9 Å². The zero-order valence-corrected chi connectivity index (χ0v) is 10.2.